The Morgan fingerprint density at radius 2 is 2.09 bits per heavy atom. The lowest BCUT2D eigenvalue weighted by Crippen LogP contribution is -2.42. The van der Waals surface area contributed by atoms with Gasteiger partial charge in [-0.1, -0.05) is 0 Å². The number of nitrogens with zero attached hydrogens (tertiary/aromatic N) is 2. The molecule has 0 atom stereocenters. The zero-order valence-electron chi connectivity index (χ0n) is 14.2. The number of likely N-dealkylation sites (tertiary alicyclic amines) is 1. The smallest absolute Gasteiger partial charge is 0.338 e. The van der Waals surface area contributed by atoms with Crippen molar-refractivity contribution in [1.82, 2.24) is 9.80 Å². The van der Waals surface area contributed by atoms with Gasteiger partial charge in [-0.15, -0.1) is 11.3 Å². The van der Waals surface area contributed by atoms with E-state index in [0.29, 0.717) is 0 Å². The van der Waals surface area contributed by atoms with Crippen molar-refractivity contribution in [3.05, 3.63) is 21.4 Å². The lowest BCUT2D eigenvalue weighted by Gasteiger charge is -2.35. The van der Waals surface area contributed by atoms with Gasteiger partial charge in [0.1, 0.15) is 0 Å². The maximum absolute atomic E-state index is 11.6. The van der Waals surface area contributed by atoms with Crippen molar-refractivity contribution in [2.75, 3.05) is 40.8 Å². The third-order valence-electron chi connectivity index (χ3n) is 4.71. The van der Waals surface area contributed by atoms with E-state index in [4.69, 9.17) is 4.74 Å². The van der Waals surface area contributed by atoms with Crippen LogP contribution in [0.4, 0.5) is 0 Å². The molecule has 0 N–H and O–H groups in total. The van der Waals surface area contributed by atoms with Gasteiger partial charge < -0.3 is 14.5 Å². The van der Waals surface area contributed by atoms with Crippen LogP contribution in [0.25, 0.3) is 0 Å². The summed E-state index contributed by atoms with van der Waals surface area (Å²) in [6.07, 6.45) is 4.77. The average molecular weight is 324 g/mol. The molecule has 4 nitrogen and oxygen atoms in total. The number of ether oxygens (including phenoxy) is 1. The van der Waals surface area contributed by atoms with Crippen molar-refractivity contribution >= 4 is 17.3 Å². The van der Waals surface area contributed by atoms with Gasteiger partial charge in [-0.3, -0.25) is 0 Å². The van der Waals surface area contributed by atoms with E-state index in [1.165, 1.54) is 37.9 Å². The van der Waals surface area contributed by atoms with Crippen LogP contribution in [-0.4, -0.2) is 62.7 Å². The second kappa shape index (κ2) is 8.09. The molecule has 2 rings (SSSR count). The van der Waals surface area contributed by atoms with Crippen LogP contribution < -0.4 is 0 Å². The Hall–Kier alpha value is -0.910. The van der Waals surface area contributed by atoms with Gasteiger partial charge in [0.25, 0.3) is 0 Å². The van der Waals surface area contributed by atoms with Crippen molar-refractivity contribution in [2.45, 2.75) is 38.6 Å². The van der Waals surface area contributed by atoms with Gasteiger partial charge in [-0.2, -0.15) is 0 Å². The Morgan fingerprint density at radius 3 is 2.68 bits per heavy atom. The second-order valence-electron chi connectivity index (χ2n) is 6.33. The predicted molar refractivity (Wildman–Crippen MR) is 91.9 cm³/mol. The van der Waals surface area contributed by atoms with E-state index in [-0.39, 0.29) is 5.97 Å². The molecule has 2 heterocycles. The molecular weight excluding hydrogens is 296 g/mol. The minimum absolute atomic E-state index is 0.217. The number of hydrogen-bond acceptors (Lipinski definition) is 5. The Kier molecular flexibility index (Phi) is 6.41. The highest BCUT2D eigenvalue weighted by Crippen LogP contribution is 2.24. The van der Waals surface area contributed by atoms with Gasteiger partial charge in [-0.05, 0) is 71.9 Å². The van der Waals surface area contributed by atoms with Gasteiger partial charge in [0, 0.05) is 16.3 Å². The summed E-state index contributed by atoms with van der Waals surface area (Å²) in [5, 5.41) is 1.93. The fourth-order valence-corrected chi connectivity index (χ4v) is 4.22. The standard InChI is InChI=1S/C17H28N2O2S/c1-13-15(17(20)21-4)12-22-16(13)6-5-9-19-10-7-14(8-11-19)18(2)3/h12,14H,5-11H2,1-4H3. The zero-order valence-corrected chi connectivity index (χ0v) is 15.0. The molecule has 1 saturated heterocycles. The van der Waals surface area contributed by atoms with E-state index in [1.807, 2.05) is 12.3 Å². The quantitative estimate of drug-likeness (QED) is 0.753. The molecule has 124 valence electrons. The molecular formula is C17H28N2O2S. The minimum Gasteiger partial charge on any atom is -0.465 e. The average Bonchev–Trinajstić information content (AvgIpc) is 2.88. The van der Waals surface area contributed by atoms with Crippen LogP contribution >= 0.6 is 11.3 Å². The first-order chi connectivity index (χ1) is 10.5. The maximum Gasteiger partial charge on any atom is 0.338 e. The molecule has 22 heavy (non-hydrogen) atoms. The maximum atomic E-state index is 11.6. The summed E-state index contributed by atoms with van der Waals surface area (Å²) >= 11 is 1.68. The molecule has 1 aromatic heterocycles. The Labute approximate surface area is 138 Å². The highest BCUT2D eigenvalue weighted by atomic mass is 32.1. The SMILES string of the molecule is COC(=O)c1csc(CCCN2CCC(N(C)C)CC2)c1C. The topological polar surface area (TPSA) is 32.8 Å². The summed E-state index contributed by atoms with van der Waals surface area (Å²) in [4.78, 5) is 17.9. The van der Waals surface area contributed by atoms with Crippen LogP contribution in [0.5, 0.6) is 0 Å². The second-order valence-corrected chi connectivity index (χ2v) is 7.29. The van der Waals surface area contributed by atoms with E-state index < -0.39 is 0 Å². The molecule has 0 aromatic carbocycles. The molecule has 1 aromatic rings. The third kappa shape index (κ3) is 4.31. The highest BCUT2D eigenvalue weighted by molar-refractivity contribution is 7.10. The van der Waals surface area contributed by atoms with Crippen molar-refractivity contribution < 1.29 is 9.53 Å². The minimum atomic E-state index is -0.217. The molecule has 5 heteroatoms. The van der Waals surface area contributed by atoms with E-state index in [2.05, 4.69) is 23.9 Å². The summed E-state index contributed by atoms with van der Waals surface area (Å²) in [7, 11) is 5.80. The summed E-state index contributed by atoms with van der Waals surface area (Å²) in [6, 6.07) is 0.749. The van der Waals surface area contributed by atoms with Crippen molar-refractivity contribution in [1.29, 1.82) is 0 Å². The lowest BCUT2D eigenvalue weighted by atomic mass is 10.0. The first kappa shape index (κ1) is 17.4. The number of carbonyl (C=O) groups excluding carboxylic acids is 1. The van der Waals surface area contributed by atoms with Crippen LogP contribution in [0.15, 0.2) is 5.38 Å². The van der Waals surface area contributed by atoms with Gasteiger partial charge in [0.05, 0.1) is 12.7 Å². The van der Waals surface area contributed by atoms with E-state index in [1.54, 1.807) is 11.3 Å². The van der Waals surface area contributed by atoms with Crippen LogP contribution in [0.1, 0.15) is 40.1 Å². The van der Waals surface area contributed by atoms with Crippen LogP contribution in [0, 0.1) is 6.92 Å². The Bertz CT molecular complexity index is 491. The summed E-state index contributed by atoms with van der Waals surface area (Å²) in [5.74, 6) is -0.217. The first-order valence-corrected chi connectivity index (χ1v) is 8.95. The molecule has 1 aliphatic rings. The lowest BCUT2D eigenvalue weighted by molar-refractivity contribution is 0.0600. The summed E-state index contributed by atoms with van der Waals surface area (Å²) in [6.45, 7) is 5.60. The Morgan fingerprint density at radius 1 is 1.41 bits per heavy atom. The number of esters is 1. The summed E-state index contributed by atoms with van der Waals surface area (Å²) in [5.41, 5.74) is 1.83. The van der Waals surface area contributed by atoms with Gasteiger partial charge in [-0.25, -0.2) is 4.79 Å². The molecule has 0 bridgehead atoms. The van der Waals surface area contributed by atoms with Crippen LogP contribution in [-0.2, 0) is 11.2 Å². The number of hydrogen-bond donors (Lipinski definition) is 0. The largest absolute Gasteiger partial charge is 0.465 e. The highest BCUT2D eigenvalue weighted by Gasteiger charge is 2.20. The normalized spacial score (nSPS) is 17.1. The number of carbonyl (C=O) groups is 1. The number of methoxy groups -OCH3 is 1. The van der Waals surface area contributed by atoms with Gasteiger partial charge in [0.2, 0.25) is 0 Å². The molecule has 1 aliphatic heterocycles. The predicted octanol–water partition coefficient (Wildman–Crippen LogP) is 2.80. The Balaban J connectivity index is 1.76. The van der Waals surface area contributed by atoms with E-state index in [0.717, 1.165) is 36.6 Å². The molecule has 0 saturated carbocycles. The first-order valence-electron chi connectivity index (χ1n) is 8.07. The number of rotatable bonds is 6. The van der Waals surface area contributed by atoms with Crippen LogP contribution in [0.3, 0.4) is 0 Å². The van der Waals surface area contributed by atoms with E-state index >= 15 is 0 Å². The monoisotopic (exact) mass is 324 g/mol. The van der Waals surface area contributed by atoms with E-state index in [9.17, 15) is 4.79 Å². The van der Waals surface area contributed by atoms with Crippen molar-refractivity contribution in [3.8, 4) is 0 Å². The fraction of sp³-hybridized carbons (Fsp3) is 0.706. The molecule has 1 fully saturated rings. The summed E-state index contributed by atoms with van der Waals surface area (Å²) < 4.78 is 4.81. The zero-order chi connectivity index (χ0) is 16.1. The fourth-order valence-electron chi connectivity index (χ4n) is 3.14. The van der Waals surface area contributed by atoms with Crippen molar-refractivity contribution in [2.24, 2.45) is 0 Å². The number of piperidine rings is 1. The molecule has 0 spiro atoms. The molecule has 0 amide bonds. The molecule has 0 aliphatic carbocycles. The van der Waals surface area contributed by atoms with Crippen molar-refractivity contribution in [3.63, 3.8) is 0 Å². The third-order valence-corrected chi connectivity index (χ3v) is 5.86. The van der Waals surface area contributed by atoms with Crippen LogP contribution in [0.2, 0.25) is 0 Å². The van der Waals surface area contributed by atoms with Gasteiger partial charge in [0.15, 0.2) is 0 Å². The number of aryl methyl sites for hydroxylation is 1. The molecule has 0 radical (unpaired) electrons. The number of thiophene rings is 1. The molecule has 0 unspecified atom stereocenters. The van der Waals surface area contributed by atoms with Gasteiger partial charge >= 0.3 is 5.97 Å².